The number of carbonyl (C=O) groups is 1. The van der Waals surface area contributed by atoms with Gasteiger partial charge in [0.2, 0.25) is 0 Å². The fraction of sp³-hybridized carbons (Fsp3) is 0.923. The van der Waals surface area contributed by atoms with E-state index in [0.29, 0.717) is 38.5 Å². The minimum absolute atomic E-state index is 0.0742. The van der Waals surface area contributed by atoms with Crippen molar-refractivity contribution < 1.29 is 18.3 Å². The Bertz CT molecular complexity index is 464. The highest BCUT2D eigenvalue weighted by atomic mass is 32.2. The van der Waals surface area contributed by atoms with Crippen LogP contribution in [0.25, 0.3) is 0 Å². The molecule has 8 heteroatoms. The summed E-state index contributed by atoms with van der Waals surface area (Å²) in [6.45, 7) is 4.56. The standard InChI is InChI=1S/C13H25N3O4S/c1-2-15(12-5-6-12)9-7-14-21(19,20)16-8-3-4-11(10-16)13(17)18/h11-12,14H,2-10H2,1H3,(H,17,18). The molecule has 1 saturated carbocycles. The summed E-state index contributed by atoms with van der Waals surface area (Å²) in [6.07, 6.45) is 3.55. The molecule has 0 radical (unpaired) electrons. The van der Waals surface area contributed by atoms with Crippen LogP contribution in [0.3, 0.4) is 0 Å². The second-order valence-corrected chi connectivity index (χ2v) is 7.55. The van der Waals surface area contributed by atoms with Crippen LogP contribution in [0.15, 0.2) is 0 Å². The third-order valence-electron chi connectivity index (χ3n) is 4.23. The molecule has 2 fully saturated rings. The predicted molar refractivity (Wildman–Crippen MR) is 79.1 cm³/mol. The van der Waals surface area contributed by atoms with Gasteiger partial charge >= 0.3 is 5.97 Å². The van der Waals surface area contributed by atoms with Crippen LogP contribution in [-0.2, 0) is 15.0 Å². The van der Waals surface area contributed by atoms with E-state index < -0.39 is 22.1 Å². The summed E-state index contributed by atoms with van der Waals surface area (Å²) in [6, 6.07) is 0.617. The van der Waals surface area contributed by atoms with Crippen molar-refractivity contribution in [2.24, 2.45) is 5.92 Å². The van der Waals surface area contributed by atoms with Gasteiger partial charge in [-0.1, -0.05) is 6.92 Å². The second-order valence-electron chi connectivity index (χ2n) is 5.79. The van der Waals surface area contributed by atoms with Crippen molar-refractivity contribution in [3.63, 3.8) is 0 Å². The average Bonchev–Trinajstić information content (AvgIpc) is 3.28. The van der Waals surface area contributed by atoms with Gasteiger partial charge in [0.25, 0.3) is 10.2 Å². The monoisotopic (exact) mass is 319 g/mol. The van der Waals surface area contributed by atoms with Crippen LogP contribution in [0.5, 0.6) is 0 Å². The molecule has 122 valence electrons. The summed E-state index contributed by atoms with van der Waals surface area (Å²) in [5.41, 5.74) is 0. The topological polar surface area (TPSA) is 90.0 Å². The molecule has 2 aliphatic rings. The molecule has 1 unspecified atom stereocenters. The number of nitrogens with zero attached hydrogens (tertiary/aromatic N) is 2. The molecule has 0 aromatic carbocycles. The Kier molecular flexibility index (Phi) is 5.59. The highest BCUT2D eigenvalue weighted by Gasteiger charge is 2.32. The highest BCUT2D eigenvalue weighted by molar-refractivity contribution is 7.87. The molecule has 7 nitrogen and oxygen atoms in total. The zero-order valence-corrected chi connectivity index (χ0v) is 13.3. The second kappa shape index (κ2) is 7.04. The Hall–Kier alpha value is -0.700. The van der Waals surface area contributed by atoms with E-state index in [1.54, 1.807) is 0 Å². The zero-order valence-electron chi connectivity index (χ0n) is 12.5. The van der Waals surface area contributed by atoms with E-state index in [0.717, 1.165) is 6.54 Å². The highest BCUT2D eigenvalue weighted by Crippen LogP contribution is 2.26. The normalized spacial score (nSPS) is 24.4. The number of hydrogen-bond acceptors (Lipinski definition) is 4. The summed E-state index contributed by atoms with van der Waals surface area (Å²) in [5, 5.41) is 9.02. The Labute approximate surface area is 126 Å². The van der Waals surface area contributed by atoms with Crippen LogP contribution >= 0.6 is 0 Å². The van der Waals surface area contributed by atoms with Crippen LogP contribution in [0, 0.1) is 5.92 Å². The van der Waals surface area contributed by atoms with E-state index in [1.165, 1.54) is 17.1 Å². The number of hydrogen-bond donors (Lipinski definition) is 2. The summed E-state index contributed by atoms with van der Waals surface area (Å²) < 4.78 is 28.3. The van der Waals surface area contributed by atoms with E-state index >= 15 is 0 Å². The number of likely N-dealkylation sites (N-methyl/N-ethyl adjacent to an activating group) is 1. The lowest BCUT2D eigenvalue weighted by Crippen LogP contribution is -2.48. The van der Waals surface area contributed by atoms with Crippen molar-refractivity contribution in [3.8, 4) is 0 Å². The Balaban J connectivity index is 1.81. The van der Waals surface area contributed by atoms with Gasteiger partial charge < -0.3 is 5.11 Å². The number of nitrogens with one attached hydrogen (secondary N) is 1. The van der Waals surface area contributed by atoms with Crippen molar-refractivity contribution in [2.45, 2.75) is 38.6 Å². The first-order valence-electron chi connectivity index (χ1n) is 7.65. The summed E-state index contributed by atoms with van der Waals surface area (Å²) in [5.74, 6) is -1.50. The maximum absolute atomic E-state index is 12.2. The Morgan fingerprint density at radius 3 is 2.67 bits per heavy atom. The van der Waals surface area contributed by atoms with Crippen LogP contribution in [-0.4, -0.2) is 67.5 Å². The predicted octanol–water partition coefficient (Wildman–Crippen LogP) is 0.102. The fourth-order valence-corrected chi connectivity index (χ4v) is 4.09. The molecule has 0 bridgehead atoms. The first kappa shape index (κ1) is 16.7. The van der Waals surface area contributed by atoms with Crippen LogP contribution in [0.2, 0.25) is 0 Å². The maximum Gasteiger partial charge on any atom is 0.307 e. The molecular weight excluding hydrogens is 294 g/mol. The minimum atomic E-state index is -3.57. The third-order valence-corrected chi connectivity index (χ3v) is 5.81. The van der Waals surface area contributed by atoms with Gasteiger partial charge in [0, 0.05) is 32.2 Å². The Morgan fingerprint density at radius 1 is 1.38 bits per heavy atom. The minimum Gasteiger partial charge on any atom is -0.481 e. The molecule has 0 amide bonds. The van der Waals surface area contributed by atoms with Crippen molar-refractivity contribution in [1.82, 2.24) is 13.9 Å². The molecule has 1 aliphatic heterocycles. The molecule has 0 aromatic rings. The lowest BCUT2D eigenvalue weighted by atomic mass is 10.0. The molecule has 1 atom stereocenters. The van der Waals surface area contributed by atoms with Crippen LogP contribution < -0.4 is 4.72 Å². The summed E-state index contributed by atoms with van der Waals surface area (Å²) >= 11 is 0. The number of rotatable bonds is 8. The maximum atomic E-state index is 12.2. The smallest absolute Gasteiger partial charge is 0.307 e. The number of aliphatic carboxylic acids is 1. The first-order chi connectivity index (χ1) is 9.94. The SMILES string of the molecule is CCN(CCNS(=O)(=O)N1CCCC(C(=O)O)C1)C1CC1. The van der Waals surface area contributed by atoms with Gasteiger partial charge in [0.1, 0.15) is 0 Å². The average molecular weight is 319 g/mol. The molecule has 1 saturated heterocycles. The molecule has 21 heavy (non-hydrogen) atoms. The van der Waals surface area contributed by atoms with E-state index in [-0.39, 0.29) is 6.54 Å². The molecule has 2 rings (SSSR count). The van der Waals surface area contributed by atoms with E-state index in [2.05, 4.69) is 16.5 Å². The van der Waals surface area contributed by atoms with E-state index in [9.17, 15) is 13.2 Å². The molecule has 0 aromatic heterocycles. The Morgan fingerprint density at radius 2 is 2.10 bits per heavy atom. The molecular formula is C13H25N3O4S. The van der Waals surface area contributed by atoms with Gasteiger partial charge in [0.15, 0.2) is 0 Å². The van der Waals surface area contributed by atoms with Gasteiger partial charge in [-0.05, 0) is 32.2 Å². The van der Waals surface area contributed by atoms with Gasteiger partial charge in [-0.3, -0.25) is 9.69 Å². The van der Waals surface area contributed by atoms with Crippen molar-refractivity contribution in [2.75, 3.05) is 32.7 Å². The number of carboxylic acids is 1. The van der Waals surface area contributed by atoms with E-state index in [1.807, 2.05) is 0 Å². The molecule has 1 heterocycles. The van der Waals surface area contributed by atoms with Crippen molar-refractivity contribution in [3.05, 3.63) is 0 Å². The first-order valence-corrected chi connectivity index (χ1v) is 9.09. The zero-order chi connectivity index (χ0) is 15.5. The van der Waals surface area contributed by atoms with Crippen LogP contribution in [0.1, 0.15) is 32.6 Å². The van der Waals surface area contributed by atoms with Crippen molar-refractivity contribution in [1.29, 1.82) is 0 Å². The summed E-state index contributed by atoms with van der Waals surface area (Å²) in [7, 11) is -3.57. The quantitative estimate of drug-likeness (QED) is 0.662. The fourth-order valence-electron chi connectivity index (χ4n) is 2.81. The lowest BCUT2D eigenvalue weighted by molar-refractivity contribution is -0.142. The number of piperidine rings is 1. The van der Waals surface area contributed by atoms with Crippen LogP contribution in [0.4, 0.5) is 0 Å². The van der Waals surface area contributed by atoms with Gasteiger partial charge in [0.05, 0.1) is 5.92 Å². The molecule has 2 N–H and O–H groups in total. The third kappa shape index (κ3) is 4.64. The van der Waals surface area contributed by atoms with Gasteiger partial charge in [-0.2, -0.15) is 12.7 Å². The van der Waals surface area contributed by atoms with Gasteiger partial charge in [-0.25, -0.2) is 4.72 Å². The molecule has 1 aliphatic carbocycles. The van der Waals surface area contributed by atoms with E-state index in [4.69, 9.17) is 5.11 Å². The van der Waals surface area contributed by atoms with Crippen molar-refractivity contribution >= 4 is 16.2 Å². The lowest BCUT2D eigenvalue weighted by Gasteiger charge is -2.30. The van der Waals surface area contributed by atoms with Gasteiger partial charge in [-0.15, -0.1) is 0 Å². The molecule has 0 spiro atoms. The largest absolute Gasteiger partial charge is 0.481 e. The summed E-state index contributed by atoms with van der Waals surface area (Å²) in [4.78, 5) is 13.3. The number of carboxylic acid groups (broad SMARTS) is 1.